The van der Waals surface area contributed by atoms with Gasteiger partial charge >= 0.3 is 0 Å². The van der Waals surface area contributed by atoms with E-state index >= 15 is 0 Å². The van der Waals surface area contributed by atoms with Crippen LogP contribution in [0.3, 0.4) is 0 Å². The second-order valence-electron chi connectivity index (χ2n) is 8.90. The molecule has 2 N–H and O–H groups in total. The van der Waals surface area contributed by atoms with Gasteiger partial charge in [-0.05, 0) is 30.9 Å². The van der Waals surface area contributed by atoms with Gasteiger partial charge in [0.2, 0.25) is 0 Å². The predicted octanol–water partition coefficient (Wildman–Crippen LogP) is 4.35. The van der Waals surface area contributed by atoms with Crippen LogP contribution in [0.5, 0.6) is 0 Å². The third-order valence-electron chi connectivity index (χ3n) is 7.09. The zero-order chi connectivity index (χ0) is 21.4. The maximum atomic E-state index is 13.1. The molecule has 5 heterocycles. The molecule has 0 radical (unpaired) electrons. The molecule has 0 atom stereocenters. The fraction of sp³-hybridized carbons (Fsp3) is 0.231. The van der Waals surface area contributed by atoms with Gasteiger partial charge in [-0.1, -0.05) is 30.3 Å². The molecule has 0 unspecified atom stereocenters. The molecule has 33 heavy (non-hydrogen) atoms. The van der Waals surface area contributed by atoms with E-state index in [9.17, 15) is 9.59 Å². The summed E-state index contributed by atoms with van der Waals surface area (Å²) in [7, 11) is 0. The number of aromatic nitrogens is 2. The van der Waals surface area contributed by atoms with Crippen molar-refractivity contribution < 1.29 is 9.59 Å². The van der Waals surface area contributed by atoms with Gasteiger partial charge in [-0.15, -0.1) is 12.4 Å². The topological polar surface area (TPSA) is 68.1 Å². The highest BCUT2D eigenvalue weighted by Gasteiger charge is 2.36. The second kappa shape index (κ2) is 7.25. The van der Waals surface area contributed by atoms with Crippen LogP contribution in [0.25, 0.3) is 33.0 Å². The van der Waals surface area contributed by atoms with E-state index in [0.717, 1.165) is 72.0 Å². The highest BCUT2D eigenvalue weighted by atomic mass is 35.5. The lowest BCUT2D eigenvalue weighted by atomic mass is 9.94. The number of carbonyl (C=O) groups is 2. The van der Waals surface area contributed by atoms with E-state index in [1.54, 1.807) is 0 Å². The van der Waals surface area contributed by atoms with Crippen LogP contribution in [0, 0.1) is 0 Å². The van der Waals surface area contributed by atoms with Gasteiger partial charge in [0.25, 0.3) is 11.8 Å². The van der Waals surface area contributed by atoms with Crippen LogP contribution in [-0.4, -0.2) is 27.5 Å². The number of aryl methyl sites for hydroxylation is 3. The number of nitrogens with one attached hydrogen (secondary N) is 2. The number of amides is 2. The number of rotatable bonds is 2. The molecule has 0 bridgehead atoms. The number of hydrogen-bond donors (Lipinski definition) is 2. The van der Waals surface area contributed by atoms with Crippen LogP contribution < -0.4 is 10.6 Å². The molecule has 7 rings (SSSR count). The van der Waals surface area contributed by atoms with Gasteiger partial charge in [0.1, 0.15) is 0 Å². The first-order chi connectivity index (χ1) is 15.7. The number of nitrogens with zero attached hydrogens (tertiary/aromatic N) is 2. The van der Waals surface area contributed by atoms with E-state index in [-0.39, 0.29) is 24.2 Å². The van der Waals surface area contributed by atoms with Crippen LogP contribution in [0.1, 0.15) is 29.5 Å². The summed E-state index contributed by atoms with van der Waals surface area (Å²) in [6.07, 6.45) is 7.25. The summed E-state index contributed by atoms with van der Waals surface area (Å²) in [4.78, 5) is 26.3. The van der Waals surface area contributed by atoms with Gasteiger partial charge in [-0.2, -0.15) is 0 Å². The van der Waals surface area contributed by atoms with Crippen molar-refractivity contribution in [1.82, 2.24) is 14.5 Å². The second-order valence-corrected chi connectivity index (χ2v) is 8.90. The Balaban J connectivity index is 0.00000206. The molecule has 4 aromatic rings. The van der Waals surface area contributed by atoms with E-state index < -0.39 is 0 Å². The van der Waals surface area contributed by atoms with Gasteiger partial charge < -0.3 is 14.5 Å². The molecule has 0 fully saturated rings. The standard InChI is InChI=1S/C26H22N4O2.ClH/c31-25-21(18-13-29-11-3-6-15-5-1-7-16(18)23(15)29)22(26(32)28-25)19-14-30-12-4-10-27-20-9-2-8-17(19)24(20)30;/h1-2,5,7-9,13-14,27H,3-4,6,10-12H2,(H,28,31,32);1H. The largest absolute Gasteiger partial charge is 0.383 e. The highest BCUT2D eigenvalue weighted by Crippen LogP contribution is 2.41. The van der Waals surface area contributed by atoms with Gasteiger partial charge in [0.15, 0.2) is 0 Å². The number of anilines is 1. The molecular weight excluding hydrogens is 436 g/mol. The lowest BCUT2D eigenvalue weighted by Gasteiger charge is -2.14. The van der Waals surface area contributed by atoms with Crippen LogP contribution in [-0.2, 0) is 29.1 Å². The first-order valence-corrected chi connectivity index (χ1v) is 11.3. The molecule has 2 aromatic heterocycles. The summed E-state index contributed by atoms with van der Waals surface area (Å²) >= 11 is 0. The van der Waals surface area contributed by atoms with Crippen molar-refractivity contribution in [3.8, 4) is 0 Å². The molecule has 7 heteroatoms. The summed E-state index contributed by atoms with van der Waals surface area (Å²) in [5.74, 6) is -0.623. The smallest absolute Gasteiger partial charge is 0.259 e. The van der Waals surface area contributed by atoms with Crippen molar-refractivity contribution in [2.45, 2.75) is 32.4 Å². The Hall–Kier alpha value is -3.51. The fourth-order valence-corrected chi connectivity index (χ4v) is 5.77. The molecular formula is C26H23ClN4O2. The molecule has 0 aliphatic carbocycles. The molecule has 166 valence electrons. The number of imide groups is 1. The zero-order valence-electron chi connectivity index (χ0n) is 18.0. The zero-order valence-corrected chi connectivity index (χ0v) is 18.8. The number of benzene rings is 2. The van der Waals surface area contributed by atoms with E-state index in [0.29, 0.717) is 11.1 Å². The average molecular weight is 459 g/mol. The van der Waals surface area contributed by atoms with Crippen LogP contribution in [0.2, 0.25) is 0 Å². The molecule has 3 aliphatic heterocycles. The summed E-state index contributed by atoms with van der Waals surface area (Å²) in [5, 5.41) is 8.13. The number of hydrogen-bond acceptors (Lipinski definition) is 3. The number of carbonyl (C=O) groups excluding carboxylic acids is 2. The van der Waals surface area contributed by atoms with Gasteiger partial charge in [-0.25, -0.2) is 0 Å². The summed E-state index contributed by atoms with van der Waals surface area (Å²) in [6.45, 7) is 2.73. The third kappa shape index (κ3) is 2.74. The average Bonchev–Trinajstić information content (AvgIpc) is 3.38. The van der Waals surface area contributed by atoms with E-state index in [1.807, 2.05) is 12.1 Å². The Morgan fingerprint density at radius 3 is 2.15 bits per heavy atom. The van der Waals surface area contributed by atoms with Gasteiger partial charge in [-0.3, -0.25) is 14.9 Å². The molecule has 0 saturated carbocycles. The minimum atomic E-state index is -0.314. The lowest BCUT2D eigenvalue weighted by Crippen LogP contribution is -2.22. The van der Waals surface area contributed by atoms with Crippen molar-refractivity contribution in [1.29, 1.82) is 0 Å². The Labute approximate surface area is 196 Å². The van der Waals surface area contributed by atoms with E-state index in [4.69, 9.17) is 0 Å². The highest BCUT2D eigenvalue weighted by molar-refractivity contribution is 6.51. The maximum Gasteiger partial charge on any atom is 0.259 e. The Morgan fingerprint density at radius 1 is 0.758 bits per heavy atom. The molecule has 3 aliphatic rings. The SMILES string of the molecule is Cl.O=C1NC(=O)C(c2cn3c4c(cccc24)NCCC3)=C1c1cn2c3c(cccc13)CCC2. The van der Waals surface area contributed by atoms with Gasteiger partial charge in [0, 0.05) is 53.9 Å². The maximum absolute atomic E-state index is 13.1. The summed E-state index contributed by atoms with van der Waals surface area (Å²) < 4.78 is 4.46. The first-order valence-electron chi connectivity index (χ1n) is 11.3. The van der Waals surface area contributed by atoms with Crippen LogP contribution >= 0.6 is 12.4 Å². The molecule has 0 saturated heterocycles. The molecule has 2 amide bonds. The predicted molar refractivity (Wildman–Crippen MR) is 133 cm³/mol. The number of halogens is 1. The van der Waals surface area contributed by atoms with E-state index in [1.165, 1.54) is 11.1 Å². The third-order valence-corrected chi connectivity index (χ3v) is 7.09. The van der Waals surface area contributed by atoms with Crippen LogP contribution in [0.4, 0.5) is 5.69 Å². The van der Waals surface area contributed by atoms with Crippen molar-refractivity contribution in [3.05, 3.63) is 65.5 Å². The van der Waals surface area contributed by atoms with Crippen molar-refractivity contribution >= 4 is 62.9 Å². The van der Waals surface area contributed by atoms with Crippen molar-refractivity contribution in [3.63, 3.8) is 0 Å². The van der Waals surface area contributed by atoms with Gasteiger partial charge in [0.05, 0.1) is 27.9 Å². The Bertz CT molecular complexity index is 1520. The minimum absolute atomic E-state index is 0. The quantitative estimate of drug-likeness (QED) is 0.439. The minimum Gasteiger partial charge on any atom is -0.383 e. The first kappa shape index (κ1) is 20.1. The van der Waals surface area contributed by atoms with Crippen molar-refractivity contribution in [2.75, 3.05) is 11.9 Å². The molecule has 6 nitrogen and oxygen atoms in total. The molecule has 2 aromatic carbocycles. The van der Waals surface area contributed by atoms with E-state index in [2.05, 4.69) is 56.4 Å². The normalized spacial score (nSPS) is 17.2. The molecule has 0 spiro atoms. The fourth-order valence-electron chi connectivity index (χ4n) is 5.77. The lowest BCUT2D eigenvalue weighted by molar-refractivity contribution is -0.122. The monoisotopic (exact) mass is 458 g/mol. The number of para-hydroxylation sites is 2. The summed E-state index contributed by atoms with van der Waals surface area (Å²) in [6, 6.07) is 12.4. The van der Waals surface area contributed by atoms with Crippen LogP contribution in [0.15, 0.2) is 48.8 Å². The van der Waals surface area contributed by atoms with Crippen molar-refractivity contribution in [2.24, 2.45) is 0 Å². The summed E-state index contributed by atoms with van der Waals surface area (Å²) in [5.41, 5.74) is 7.33. The Kier molecular flexibility index (Phi) is 4.42. The Morgan fingerprint density at radius 2 is 1.39 bits per heavy atom.